The highest BCUT2D eigenvalue weighted by Gasteiger charge is 2.25. The van der Waals surface area contributed by atoms with E-state index in [-0.39, 0.29) is 12.0 Å². The Morgan fingerprint density at radius 3 is 2.61 bits per heavy atom. The van der Waals surface area contributed by atoms with Gasteiger partial charge in [0.05, 0.1) is 11.4 Å². The van der Waals surface area contributed by atoms with Gasteiger partial charge < -0.3 is 15.8 Å². The molecule has 1 amide bonds. The molecule has 1 aromatic carbocycles. The molecule has 162 valence electrons. The summed E-state index contributed by atoms with van der Waals surface area (Å²) in [4.78, 5) is 21.0. The Hall–Kier alpha value is -3.00. The van der Waals surface area contributed by atoms with Crippen molar-refractivity contribution in [2.24, 2.45) is 0 Å². The van der Waals surface area contributed by atoms with Crippen molar-refractivity contribution in [3.8, 4) is 11.3 Å². The number of ether oxygens (including phenoxy) is 1. The number of benzene rings is 1. The minimum atomic E-state index is -0.318. The summed E-state index contributed by atoms with van der Waals surface area (Å²) in [6.07, 6.45) is 8.73. The first-order valence-electron chi connectivity index (χ1n) is 11.2. The van der Waals surface area contributed by atoms with Crippen molar-refractivity contribution >= 4 is 22.8 Å². The summed E-state index contributed by atoms with van der Waals surface area (Å²) in [6.45, 7) is 1.14. The fourth-order valence-corrected chi connectivity index (χ4v) is 4.63. The topological polar surface area (TPSA) is 108 Å². The standard InChI is InChI=1S/C23H28N6O2/c24-21-19-20(28-29(17-5-1-2-6-17)22(19)27-14-26-21)16-10-8-15(9-11-16)13-25-23(30)18-7-3-4-12-31-18/h8-11,14,17-18H,1-7,12-13H2,(H,25,30)(H2,24,26,27). The number of carbonyl (C=O) groups excluding carboxylic acids is 1. The normalized spacial score (nSPS) is 19.7. The molecule has 0 radical (unpaired) electrons. The minimum absolute atomic E-state index is 0.0324. The van der Waals surface area contributed by atoms with Crippen LogP contribution in [-0.4, -0.2) is 38.4 Å². The number of amides is 1. The van der Waals surface area contributed by atoms with Crippen LogP contribution in [0.2, 0.25) is 0 Å². The van der Waals surface area contributed by atoms with Gasteiger partial charge in [-0.3, -0.25) is 4.79 Å². The Kier molecular flexibility index (Phi) is 5.55. The van der Waals surface area contributed by atoms with Crippen molar-refractivity contribution in [2.45, 2.75) is 63.6 Å². The highest BCUT2D eigenvalue weighted by Crippen LogP contribution is 2.36. The molecule has 1 atom stereocenters. The van der Waals surface area contributed by atoms with E-state index in [2.05, 4.69) is 15.3 Å². The van der Waals surface area contributed by atoms with Crippen LogP contribution in [0, 0.1) is 0 Å². The summed E-state index contributed by atoms with van der Waals surface area (Å²) >= 11 is 0. The Labute approximate surface area is 181 Å². The fraction of sp³-hybridized carbons (Fsp3) is 0.478. The third-order valence-electron chi connectivity index (χ3n) is 6.35. The lowest BCUT2D eigenvalue weighted by Gasteiger charge is -2.21. The minimum Gasteiger partial charge on any atom is -0.383 e. The monoisotopic (exact) mass is 420 g/mol. The maximum absolute atomic E-state index is 12.3. The van der Waals surface area contributed by atoms with Crippen molar-refractivity contribution < 1.29 is 9.53 Å². The number of hydrogen-bond acceptors (Lipinski definition) is 6. The molecular formula is C23H28N6O2. The second-order valence-electron chi connectivity index (χ2n) is 8.46. The lowest BCUT2D eigenvalue weighted by Crippen LogP contribution is -2.37. The molecule has 1 aliphatic carbocycles. The molecular weight excluding hydrogens is 392 g/mol. The van der Waals surface area contributed by atoms with Gasteiger partial charge in [0, 0.05) is 18.7 Å². The summed E-state index contributed by atoms with van der Waals surface area (Å²) in [7, 11) is 0. The van der Waals surface area contributed by atoms with Gasteiger partial charge in [-0.1, -0.05) is 37.1 Å². The number of nitrogens with one attached hydrogen (secondary N) is 1. The zero-order chi connectivity index (χ0) is 21.2. The van der Waals surface area contributed by atoms with Crippen LogP contribution < -0.4 is 11.1 Å². The first-order chi connectivity index (χ1) is 15.2. The Morgan fingerprint density at radius 2 is 1.87 bits per heavy atom. The average molecular weight is 421 g/mol. The number of anilines is 1. The smallest absolute Gasteiger partial charge is 0.249 e. The highest BCUT2D eigenvalue weighted by molar-refractivity contribution is 5.98. The molecule has 2 fully saturated rings. The van der Waals surface area contributed by atoms with E-state index in [1.807, 2.05) is 28.9 Å². The van der Waals surface area contributed by atoms with Crippen molar-refractivity contribution in [3.05, 3.63) is 36.2 Å². The highest BCUT2D eigenvalue weighted by atomic mass is 16.5. The molecule has 0 spiro atoms. The predicted octanol–water partition coefficient (Wildman–Crippen LogP) is 3.38. The first kappa shape index (κ1) is 19.9. The van der Waals surface area contributed by atoms with E-state index < -0.39 is 0 Å². The predicted molar refractivity (Wildman–Crippen MR) is 118 cm³/mol. The zero-order valence-electron chi connectivity index (χ0n) is 17.6. The first-order valence-corrected chi connectivity index (χ1v) is 11.2. The number of nitrogen functional groups attached to an aromatic ring is 1. The molecule has 1 aliphatic heterocycles. The molecule has 8 nitrogen and oxygen atoms in total. The molecule has 0 bridgehead atoms. The molecule has 2 aliphatic rings. The fourth-order valence-electron chi connectivity index (χ4n) is 4.63. The van der Waals surface area contributed by atoms with Crippen LogP contribution >= 0.6 is 0 Å². The summed E-state index contributed by atoms with van der Waals surface area (Å²) in [5.41, 5.74) is 9.83. The molecule has 8 heteroatoms. The van der Waals surface area contributed by atoms with Crippen LogP contribution in [-0.2, 0) is 16.1 Å². The summed E-state index contributed by atoms with van der Waals surface area (Å²) in [6, 6.07) is 8.43. The van der Waals surface area contributed by atoms with Gasteiger partial charge in [-0.15, -0.1) is 0 Å². The van der Waals surface area contributed by atoms with Crippen molar-refractivity contribution in [1.29, 1.82) is 0 Å². The molecule has 3 aromatic rings. The Morgan fingerprint density at radius 1 is 1.10 bits per heavy atom. The number of fused-ring (bicyclic) bond motifs is 1. The Bertz CT molecular complexity index is 1070. The summed E-state index contributed by atoms with van der Waals surface area (Å²) < 4.78 is 7.59. The second-order valence-corrected chi connectivity index (χ2v) is 8.46. The van der Waals surface area contributed by atoms with Gasteiger partial charge in [-0.2, -0.15) is 5.10 Å². The summed E-state index contributed by atoms with van der Waals surface area (Å²) in [5.74, 6) is 0.420. The van der Waals surface area contributed by atoms with Crippen LogP contribution in [0.1, 0.15) is 56.6 Å². The lowest BCUT2D eigenvalue weighted by atomic mass is 10.1. The van der Waals surface area contributed by atoms with Gasteiger partial charge in [0.25, 0.3) is 0 Å². The van der Waals surface area contributed by atoms with Gasteiger partial charge in [-0.25, -0.2) is 14.6 Å². The quantitative estimate of drug-likeness (QED) is 0.655. The number of aromatic nitrogens is 4. The molecule has 5 rings (SSSR count). The van der Waals surface area contributed by atoms with Crippen molar-refractivity contribution in [3.63, 3.8) is 0 Å². The van der Waals surface area contributed by atoms with Crippen LogP contribution in [0.5, 0.6) is 0 Å². The van der Waals surface area contributed by atoms with Gasteiger partial charge >= 0.3 is 0 Å². The van der Waals surface area contributed by atoms with Gasteiger partial charge in [0.2, 0.25) is 5.91 Å². The van der Waals surface area contributed by atoms with E-state index in [9.17, 15) is 4.79 Å². The van der Waals surface area contributed by atoms with Crippen LogP contribution in [0.25, 0.3) is 22.3 Å². The van der Waals surface area contributed by atoms with E-state index in [4.69, 9.17) is 15.6 Å². The lowest BCUT2D eigenvalue weighted by molar-refractivity contribution is -0.135. The van der Waals surface area contributed by atoms with Gasteiger partial charge in [0.15, 0.2) is 5.65 Å². The van der Waals surface area contributed by atoms with E-state index in [0.29, 0.717) is 25.0 Å². The molecule has 3 heterocycles. The average Bonchev–Trinajstić information content (AvgIpc) is 3.47. The number of carbonyl (C=O) groups is 1. The van der Waals surface area contributed by atoms with Crippen molar-refractivity contribution in [2.75, 3.05) is 12.3 Å². The molecule has 31 heavy (non-hydrogen) atoms. The second kappa shape index (κ2) is 8.63. The molecule has 1 unspecified atom stereocenters. The van der Waals surface area contributed by atoms with Crippen LogP contribution in [0.3, 0.4) is 0 Å². The molecule has 3 N–H and O–H groups in total. The van der Waals surface area contributed by atoms with E-state index in [0.717, 1.165) is 60.0 Å². The van der Waals surface area contributed by atoms with E-state index >= 15 is 0 Å². The molecule has 1 saturated heterocycles. The third-order valence-corrected chi connectivity index (χ3v) is 6.35. The number of nitrogens with zero attached hydrogens (tertiary/aromatic N) is 4. The van der Waals surface area contributed by atoms with E-state index in [1.165, 1.54) is 19.2 Å². The third kappa shape index (κ3) is 3.99. The zero-order valence-corrected chi connectivity index (χ0v) is 17.6. The maximum atomic E-state index is 12.3. The molecule has 1 saturated carbocycles. The molecule has 2 aromatic heterocycles. The maximum Gasteiger partial charge on any atom is 0.249 e. The SMILES string of the molecule is Nc1ncnc2c1c(-c1ccc(CNC(=O)C3CCCCO3)cc1)nn2C1CCCC1. The van der Waals surface area contributed by atoms with Gasteiger partial charge in [0.1, 0.15) is 23.9 Å². The number of nitrogens with two attached hydrogens (primary N) is 1. The van der Waals surface area contributed by atoms with Gasteiger partial charge in [-0.05, 0) is 37.7 Å². The van der Waals surface area contributed by atoms with Crippen LogP contribution in [0.4, 0.5) is 5.82 Å². The van der Waals surface area contributed by atoms with Crippen LogP contribution in [0.15, 0.2) is 30.6 Å². The number of rotatable bonds is 5. The van der Waals surface area contributed by atoms with E-state index in [1.54, 1.807) is 0 Å². The van der Waals surface area contributed by atoms with Crippen molar-refractivity contribution in [1.82, 2.24) is 25.1 Å². The number of hydrogen-bond donors (Lipinski definition) is 2. The largest absolute Gasteiger partial charge is 0.383 e. The Balaban J connectivity index is 1.36. The summed E-state index contributed by atoms with van der Waals surface area (Å²) in [5, 5.41) is 8.71.